The lowest BCUT2D eigenvalue weighted by atomic mass is 10.2. The summed E-state index contributed by atoms with van der Waals surface area (Å²) in [6.07, 6.45) is -4.79. The minimum atomic E-state index is -4.79. The van der Waals surface area contributed by atoms with Gasteiger partial charge in [-0.05, 0) is 6.07 Å². The van der Waals surface area contributed by atoms with Crippen LogP contribution in [0.1, 0.15) is 11.1 Å². The first-order valence-electron chi connectivity index (χ1n) is 7.80. The van der Waals surface area contributed by atoms with Crippen molar-refractivity contribution in [3.8, 4) is 5.75 Å². The maximum atomic E-state index is 12.5. The molecule has 0 saturated carbocycles. The Morgan fingerprint density at radius 1 is 1.07 bits per heavy atom. The highest BCUT2D eigenvalue weighted by molar-refractivity contribution is 14.0. The predicted molar refractivity (Wildman–Crippen MR) is 109 cm³/mol. The Morgan fingerprint density at radius 2 is 1.61 bits per heavy atom. The predicted octanol–water partition coefficient (Wildman–Crippen LogP) is 3.98. The van der Waals surface area contributed by atoms with E-state index in [2.05, 4.69) is 20.4 Å². The second-order valence-electron chi connectivity index (χ2n) is 5.32. The van der Waals surface area contributed by atoms with Gasteiger partial charge in [0.1, 0.15) is 5.75 Å². The summed E-state index contributed by atoms with van der Waals surface area (Å²) in [6.45, 7) is 0.139. The molecule has 2 N–H and O–H groups in total. The number of benzene rings is 2. The number of nitro benzene ring substituents is 1. The normalized spacial score (nSPS) is 11.4. The molecule has 2 rings (SSSR count). The highest BCUT2D eigenvalue weighted by Gasteiger charge is 2.31. The van der Waals surface area contributed by atoms with Crippen LogP contribution in [0.4, 0.5) is 18.9 Å². The number of guanidine groups is 1. The van der Waals surface area contributed by atoms with E-state index >= 15 is 0 Å². The van der Waals surface area contributed by atoms with Gasteiger partial charge in [-0.15, -0.1) is 37.1 Å². The van der Waals surface area contributed by atoms with Crippen LogP contribution < -0.4 is 15.4 Å². The van der Waals surface area contributed by atoms with Crippen LogP contribution in [0.3, 0.4) is 0 Å². The van der Waals surface area contributed by atoms with Gasteiger partial charge in [-0.25, -0.2) is 0 Å². The first-order valence-corrected chi connectivity index (χ1v) is 7.80. The second kappa shape index (κ2) is 10.7. The molecular weight excluding hydrogens is 492 g/mol. The summed E-state index contributed by atoms with van der Waals surface area (Å²) in [5.74, 6) is -0.0402. The van der Waals surface area contributed by atoms with Gasteiger partial charge < -0.3 is 15.4 Å². The molecule has 0 saturated heterocycles. The number of alkyl halides is 3. The van der Waals surface area contributed by atoms with Gasteiger partial charge in [0, 0.05) is 37.3 Å². The number of hydrogen-bond acceptors (Lipinski definition) is 4. The molecule has 0 amide bonds. The van der Waals surface area contributed by atoms with Crippen LogP contribution in [0.15, 0.2) is 53.5 Å². The van der Waals surface area contributed by atoms with Gasteiger partial charge >= 0.3 is 6.36 Å². The van der Waals surface area contributed by atoms with E-state index in [4.69, 9.17) is 0 Å². The Hall–Kier alpha value is -2.57. The molecule has 2 aromatic rings. The van der Waals surface area contributed by atoms with Crippen LogP contribution >= 0.6 is 24.0 Å². The first kappa shape index (κ1) is 23.5. The Bertz CT molecular complexity index is 831. The topological polar surface area (TPSA) is 88.8 Å². The number of nitrogens with zero attached hydrogens (tertiary/aromatic N) is 2. The zero-order valence-electron chi connectivity index (χ0n) is 14.7. The summed E-state index contributed by atoms with van der Waals surface area (Å²) in [5.41, 5.74) is 0.694. The van der Waals surface area contributed by atoms with Gasteiger partial charge in [0.05, 0.1) is 4.92 Å². The standard InChI is InChI=1S/C17H17F3N4O3.HI/c1-21-16(22-10-12-6-2-4-8-14(12)24(25)26)23-11-13-7-3-5-9-15(13)27-17(18,19)20;/h2-9H,10-11H2,1H3,(H2,21,22,23);1H. The molecule has 0 aliphatic rings. The van der Waals surface area contributed by atoms with Crippen molar-refractivity contribution in [2.45, 2.75) is 19.5 Å². The average Bonchev–Trinajstić information content (AvgIpc) is 2.62. The molecule has 2 aromatic carbocycles. The Kier molecular flexibility index (Phi) is 8.96. The summed E-state index contributed by atoms with van der Waals surface area (Å²) in [4.78, 5) is 14.5. The van der Waals surface area contributed by atoms with Crippen LogP contribution in [0, 0.1) is 10.1 Å². The third kappa shape index (κ3) is 7.21. The zero-order chi connectivity index (χ0) is 19.9. The molecule has 0 bridgehead atoms. The van der Waals surface area contributed by atoms with E-state index in [1.807, 2.05) is 0 Å². The van der Waals surface area contributed by atoms with Crippen LogP contribution in [-0.4, -0.2) is 24.3 Å². The number of aliphatic imine (C=N–C) groups is 1. The second-order valence-corrected chi connectivity index (χ2v) is 5.32. The van der Waals surface area contributed by atoms with E-state index in [-0.39, 0.29) is 60.0 Å². The largest absolute Gasteiger partial charge is 0.573 e. The smallest absolute Gasteiger partial charge is 0.405 e. The molecule has 0 aliphatic heterocycles. The molecular formula is C17H18F3IN4O3. The van der Waals surface area contributed by atoms with Crippen molar-refractivity contribution in [1.29, 1.82) is 0 Å². The lowest BCUT2D eigenvalue weighted by Crippen LogP contribution is -2.36. The molecule has 0 radical (unpaired) electrons. The van der Waals surface area contributed by atoms with Gasteiger partial charge in [-0.3, -0.25) is 15.1 Å². The van der Waals surface area contributed by atoms with E-state index in [1.54, 1.807) is 24.3 Å². The molecule has 152 valence electrons. The van der Waals surface area contributed by atoms with Gasteiger partial charge in [-0.2, -0.15) is 0 Å². The summed E-state index contributed by atoms with van der Waals surface area (Å²) in [6, 6.07) is 12.0. The number of ether oxygens (including phenoxy) is 1. The van der Waals surface area contributed by atoms with Crippen molar-refractivity contribution in [2.75, 3.05) is 7.05 Å². The Balaban J connectivity index is 0.00000392. The fourth-order valence-corrected chi connectivity index (χ4v) is 2.29. The van der Waals surface area contributed by atoms with Crippen LogP contribution in [-0.2, 0) is 13.1 Å². The summed E-state index contributed by atoms with van der Waals surface area (Å²) >= 11 is 0. The highest BCUT2D eigenvalue weighted by atomic mass is 127. The van der Waals surface area contributed by atoms with Crippen molar-refractivity contribution in [3.05, 3.63) is 69.8 Å². The average molecular weight is 510 g/mol. The zero-order valence-corrected chi connectivity index (χ0v) is 17.0. The van der Waals surface area contributed by atoms with E-state index < -0.39 is 11.3 Å². The summed E-state index contributed by atoms with van der Waals surface area (Å²) < 4.78 is 41.4. The van der Waals surface area contributed by atoms with Gasteiger partial charge in [0.25, 0.3) is 5.69 Å². The minimum absolute atomic E-state index is 0. The lowest BCUT2D eigenvalue weighted by Gasteiger charge is -2.15. The fraction of sp³-hybridized carbons (Fsp3) is 0.235. The lowest BCUT2D eigenvalue weighted by molar-refractivity contribution is -0.385. The minimum Gasteiger partial charge on any atom is -0.405 e. The van der Waals surface area contributed by atoms with Crippen molar-refractivity contribution < 1.29 is 22.8 Å². The van der Waals surface area contributed by atoms with E-state index in [1.165, 1.54) is 31.3 Å². The third-order valence-corrected chi connectivity index (χ3v) is 3.50. The molecule has 7 nitrogen and oxygen atoms in total. The van der Waals surface area contributed by atoms with Crippen LogP contribution in [0.5, 0.6) is 5.75 Å². The van der Waals surface area contributed by atoms with Gasteiger partial charge in [-0.1, -0.05) is 36.4 Å². The Morgan fingerprint density at radius 3 is 2.18 bits per heavy atom. The molecule has 11 heteroatoms. The van der Waals surface area contributed by atoms with E-state index in [0.717, 1.165) is 0 Å². The summed E-state index contributed by atoms with van der Waals surface area (Å²) in [7, 11) is 1.48. The molecule has 0 spiro atoms. The third-order valence-electron chi connectivity index (χ3n) is 3.50. The molecule has 0 atom stereocenters. The number of halogens is 4. The molecule has 0 heterocycles. The SMILES string of the molecule is CN=C(NCc1ccccc1OC(F)(F)F)NCc1ccccc1[N+](=O)[O-].I. The van der Waals surface area contributed by atoms with Crippen LogP contribution in [0.2, 0.25) is 0 Å². The van der Waals surface area contributed by atoms with E-state index in [0.29, 0.717) is 5.56 Å². The molecule has 0 unspecified atom stereocenters. The van der Waals surface area contributed by atoms with E-state index in [9.17, 15) is 23.3 Å². The van der Waals surface area contributed by atoms with Crippen LogP contribution in [0.25, 0.3) is 0 Å². The number of nitrogens with one attached hydrogen (secondary N) is 2. The monoisotopic (exact) mass is 510 g/mol. The number of hydrogen-bond donors (Lipinski definition) is 2. The number of nitro groups is 1. The number of rotatable bonds is 6. The van der Waals surface area contributed by atoms with Gasteiger partial charge in [0.15, 0.2) is 5.96 Å². The Labute approximate surface area is 176 Å². The maximum absolute atomic E-state index is 12.5. The van der Waals surface area contributed by atoms with Crippen molar-refractivity contribution >= 4 is 35.6 Å². The molecule has 0 fully saturated rings. The highest BCUT2D eigenvalue weighted by Crippen LogP contribution is 2.26. The molecule has 28 heavy (non-hydrogen) atoms. The molecule has 0 aliphatic carbocycles. The number of para-hydroxylation sites is 2. The van der Waals surface area contributed by atoms with Crippen molar-refractivity contribution in [1.82, 2.24) is 10.6 Å². The molecule has 0 aromatic heterocycles. The quantitative estimate of drug-likeness (QED) is 0.202. The van der Waals surface area contributed by atoms with Crippen molar-refractivity contribution in [3.63, 3.8) is 0 Å². The van der Waals surface area contributed by atoms with Crippen molar-refractivity contribution in [2.24, 2.45) is 4.99 Å². The van der Waals surface area contributed by atoms with Gasteiger partial charge in [0.2, 0.25) is 0 Å². The summed E-state index contributed by atoms with van der Waals surface area (Å²) in [5, 5.41) is 16.8. The first-order chi connectivity index (χ1) is 12.8. The fourth-order valence-electron chi connectivity index (χ4n) is 2.29. The maximum Gasteiger partial charge on any atom is 0.573 e.